The van der Waals surface area contributed by atoms with Gasteiger partial charge in [-0.25, -0.2) is 0 Å². The van der Waals surface area contributed by atoms with Gasteiger partial charge in [0, 0.05) is 23.4 Å². The number of carbonyl (C=O) groups is 1. The Hall–Kier alpha value is -2.30. The van der Waals surface area contributed by atoms with Crippen LogP contribution in [0.2, 0.25) is 0 Å². The lowest BCUT2D eigenvalue weighted by Gasteiger charge is -2.05. The quantitative estimate of drug-likeness (QED) is 0.756. The molecule has 94 valence electrons. The Labute approximate surface area is 105 Å². The second-order valence-electron chi connectivity index (χ2n) is 4.06. The first-order chi connectivity index (χ1) is 8.66. The molecule has 5 heteroatoms. The van der Waals surface area contributed by atoms with Gasteiger partial charge in [0.15, 0.2) is 5.82 Å². The van der Waals surface area contributed by atoms with Gasteiger partial charge in [0.1, 0.15) is 0 Å². The summed E-state index contributed by atoms with van der Waals surface area (Å²) in [6.07, 6.45) is 0.566. The Morgan fingerprint density at radius 1 is 1.39 bits per heavy atom. The number of nitrogens with one attached hydrogen (secondary N) is 2. The van der Waals surface area contributed by atoms with Crippen molar-refractivity contribution in [3.8, 4) is 0 Å². The molecule has 0 unspecified atom stereocenters. The lowest BCUT2D eigenvalue weighted by molar-refractivity contribution is -0.136. The van der Waals surface area contributed by atoms with E-state index in [1.165, 1.54) is 0 Å². The summed E-state index contributed by atoms with van der Waals surface area (Å²) in [6.45, 7) is 1.89. The maximum atomic E-state index is 10.6. The third kappa shape index (κ3) is 2.88. The highest BCUT2D eigenvalue weighted by atomic mass is 16.4. The molecule has 1 aromatic carbocycles. The summed E-state index contributed by atoms with van der Waals surface area (Å²) in [5, 5.41) is 19.0. The Morgan fingerprint density at radius 3 is 2.78 bits per heavy atom. The summed E-state index contributed by atoms with van der Waals surface area (Å²) >= 11 is 0. The summed E-state index contributed by atoms with van der Waals surface area (Å²) in [5.41, 5.74) is 2.75. The van der Waals surface area contributed by atoms with Crippen LogP contribution in [0.25, 0.3) is 0 Å². The normalized spacial score (nSPS) is 10.3. The number of hydrogen-bond acceptors (Lipinski definition) is 3. The summed E-state index contributed by atoms with van der Waals surface area (Å²) in [4.78, 5) is 10.6. The average Bonchev–Trinajstić information content (AvgIpc) is 2.69. The number of hydrogen-bond donors (Lipinski definition) is 3. The minimum atomic E-state index is -0.804. The van der Waals surface area contributed by atoms with Gasteiger partial charge >= 0.3 is 5.97 Å². The zero-order chi connectivity index (χ0) is 13.0. The molecule has 0 saturated heterocycles. The molecule has 2 rings (SSSR count). The van der Waals surface area contributed by atoms with Gasteiger partial charge in [0.2, 0.25) is 0 Å². The molecule has 0 spiro atoms. The number of anilines is 2. The smallest absolute Gasteiger partial charge is 0.303 e. The van der Waals surface area contributed by atoms with Crippen LogP contribution in [0.4, 0.5) is 11.5 Å². The molecule has 5 nitrogen and oxygen atoms in total. The van der Waals surface area contributed by atoms with Crippen LogP contribution in [-0.4, -0.2) is 21.3 Å². The monoisotopic (exact) mass is 245 g/mol. The second-order valence-corrected chi connectivity index (χ2v) is 4.06. The fourth-order valence-electron chi connectivity index (χ4n) is 1.75. The molecule has 0 aliphatic carbocycles. The van der Waals surface area contributed by atoms with Crippen LogP contribution in [0.15, 0.2) is 30.3 Å². The van der Waals surface area contributed by atoms with Crippen LogP contribution < -0.4 is 5.32 Å². The van der Waals surface area contributed by atoms with E-state index in [1.54, 1.807) is 0 Å². The van der Waals surface area contributed by atoms with Crippen LogP contribution >= 0.6 is 0 Å². The molecule has 1 aromatic heterocycles. The molecule has 0 atom stereocenters. The molecule has 0 saturated carbocycles. The predicted octanol–water partition coefficient (Wildman–Crippen LogP) is 2.48. The Kier molecular flexibility index (Phi) is 3.62. The molecule has 0 amide bonds. The number of aryl methyl sites for hydroxylation is 1. The van der Waals surface area contributed by atoms with Gasteiger partial charge in [-0.3, -0.25) is 9.89 Å². The van der Waals surface area contributed by atoms with Crippen molar-refractivity contribution in [3.05, 3.63) is 41.6 Å². The summed E-state index contributed by atoms with van der Waals surface area (Å²) in [6, 6.07) is 9.67. The number of carboxylic acid groups (broad SMARTS) is 1. The van der Waals surface area contributed by atoms with E-state index in [9.17, 15) is 4.79 Å². The third-order valence-corrected chi connectivity index (χ3v) is 2.70. The van der Waals surface area contributed by atoms with E-state index in [0.717, 1.165) is 16.9 Å². The Morgan fingerprint density at radius 2 is 2.11 bits per heavy atom. The highest BCUT2D eigenvalue weighted by Crippen LogP contribution is 2.22. The number of nitrogens with zero attached hydrogens (tertiary/aromatic N) is 1. The summed E-state index contributed by atoms with van der Waals surface area (Å²) in [7, 11) is 0. The van der Waals surface area contributed by atoms with Crippen molar-refractivity contribution >= 4 is 17.5 Å². The van der Waals surface area contributed by atoms with E-state index in [-0.39, 0.29) is 6.42 Å². The molecule has 0 bridgehead atoms. The lowest BCUT2D eigenvalue weighted by Crippen LogP contribution is -2.00. The molecule has 0 radical (unpaired) electrons. The van der Waals surface area contributed by atoms with E-state index < -0.39 is 5.97 Å². The van der Waals surface area contributed by atoms with Crippen molar-refractivity contribution in [1.82, 2.24) is 10.2 Å². The first kappa shape index (κ1) is 12.2. The number of H-pyrrole nitrogens is 1. The van der Waals surface area contributed by atoms with Crippen molar-refractivity contribution in [2.75, 3.05) is 5.32 Å². The molecular formula is C13H15N3O2. The number of aromatic nitrogens is 2. The third-order valence-electron chi connectivity index (χ3n) is 2.70. The predicted molar refractivity (Wildman–Crippen MR) is 69.0 cm³/mol. The van der Waals surface area contributed by atoms with Crippen LogP contribution in [-0.2, 0) is 11.2 Å². The molecule has 18 heavy (non-hydrogen) atoms. The van der Waals surface area contributed by atoms with Gasteiger partial charge < -0.3 is 10.4 Å². The van der Waals surface area contributed by atoms with Crippen LogP contribution in [0, 0.1) is 6.92 Å². The fourth-order valence-corrected chi connectivity index (χ4v) is 1.75. The zero-order valence-electron chi connectivity index (χ0n) is 10.1. The van der Waals surface area contributed by atoms with Gasteiger partial charge in [-0.05, 0) is 25.5 Å². The van der Waals surface area contributed by atoms with Crippen molar-refractivity contribution < 1.29 is 9.90 Å². The molecule has 0 aliphatic heterocycles. The average molecular weight is 245 g/mol. The molecule has 3 N–H and O–H groups in total. The second kappa shape index (κ2) is 5.35. The fraction of sp³-hybridized carbons (Fsp3) is 0.231. The topological polar surface area (TPSA) is 78.0 Å². The summed E-state index contributed by atoms with van der Waals surface area (Å²) < 4.78 is 0. The van der Waals surface area contributed by atoms with Crippen molar-refractivity contribution in [3.63, 3.8) is 0 Å². The van der Waals surface area contributed by atoms with Gasteiger partial charge in [-0.1, -0.05) is 18.2 Å². The first-order valence-electron chi connectivity index (χ1n) is 5.74. The number of aromatic amines is 1. The van der Waals surface area contributed by atoms with E-state index in [1.807, 2.05) is 37.3 Å². The van der Waals surface area contributed by atoms with Crippen LogP contribution in [0.5, 0.6) is 0 Å². The number of benzene rings is 1. The number of aliphatic carboxylic acids is 1. The Balaban J connectivity index is 2.15. The van der Waals surface area contributed by atoms with Crippen LogP contribution in [0.3, 0.4) is 0 Å². The minimum absolute atomic E-state index is 0.101. The lowest BCUT2D eigenvalue weighted by atomic mass is 10.1. The van der Waals surface area contributed by atoms with Gasteiger partial charge in [-0.15, -0.1) is 0 Å². The molecule has 1 heterocycles. The van der Waals surface area contributed by atoms with E-state index >= 15 is 0 Å². The Bertz CT molecular complexity index is 534. The summed E-state index contributed by atoms with van der Waals surface area (Å²) in [5.74, 6) is -0.110. The van der Waals surface area contributed by atoms with Crippen molar-refractivity contribution in [1.29, 1.82) is 0 Å². The minimum Gasteiger partial charge on any atom is -0.481 e. The van der Waals surface area contributed by atoms with Crippen LogP contribution in [0.1, 0.15) is 17.7 Å². The van der Waals surface area contributed by atoms with E-state index in [0.29, 0.717) is 12.2 Å². The maximum absolute atomic E-state index is 10.6. The van der Waals surface area contributed by atoms with Gasteiger partial charge in [0.05, 0.1) is 0 Å². The largest absolute Gasteiger partial charge is 0.481 e. The van der Waals surface area contributed by atoms with E-state index in [2.05, 4.69) is 15.5 Å². The van der Waals surface area contributed by atoms with Gasteiger partial charge in [0.25, 0.3) is 0 Å². The van der Waals surface area contributed by atoms with E-state index in [4.69, 9.17) is 5.11 Å². The first-order valence-corrected chi connectivity index (χ1v) is 5.74. The highest BCUT2D eigenvalue weighted by Gasteiger charge is 2.11. The van der Waals surface area contributed by atoms with Crippen molar-refractivity contribution in [2.45, 2.75) is 19.8 Å². The SMILES string of the molecule is Cc1[nH]nc(Nc2ccccc2)c1CCC(=O)O. The molecule has 0 aliphatic rings. The highest BCUT2D eigenvalue weighted by molar-refractivity contribution is 5.68. The number of para-hydroxylation sites is 1. The molecule has 0 fully saturated rings. The van der Waals surface area contributed by atoms with Crippen molar-refractivity contribution in [2.24, 2.45) is 0 Å². The molecular weight excluding hydrogens is 230 g/mol. The maximum Gasteiger partial charge on any atom is 0.303 e. The number of rotatable bonds is 5. The number of carboxylic acids is 1. The molecule has 2 aromatic rings. The zero-order valence-corrected chi connectivity index (χ0v) is 10.1. The van der Waals surface area contributed by atoms with Gasteiger partial charge in [-0.2, -0.15) is 5.10 Å². The standard InChI is InChI=1S/C13H15N3O2/c1-9-11(7-8-12(17)18)13(16-15-9)14-10-5-3-2-4-6-10/h2-6H,7-8H2,1H3,(H,17,18)(H2,14,15,16).